The zero-order valence-electron chi connectivity index (χ0n) is 15.7. The number of fused-ring (bicyclic) bond motifs is 1. The van der Waals surface area contributed by atoms with E-state index >= 15 is 0 Å². The van der Waals surface area contributed by atoms with Crippen LogP contribution in [0, 0.1) is 0 Å². The largest absolute Gasteiger partial charge is 0.416 e. The monoisotopic (exact) mass is 472 g/mol. The summed E-state index contributed by atoms with van der Waals surface area (Å²) in [5.74, 6) is -0.129. The molecule has 1 aliphatic rings. The Balaban J connectivity index is 1.41. The van der Waals surface area contributed by atoms with Crippen molar-refractivity contribution in [2.24, 2.45) is 0 Å². The predicted molar refractivity (Wildman–Crippen MR) is 114 cm³/mol. The molecule has 1 amide bonds. The molecule has 1 aliphatic heterocycles. The normalized spacial score (nSPS) is 15.7. The molecule has 2 aromatic carbocycles. The summed E-state index contributed by atoms with van der Waals surface area (Å²) in [5.41, 5.74) is -0.0395. The highest BCUT2D eigenvalue weighted by Crippen LogP contribution is 2.37. The molecular formula is C21H17Cl2F3N2OS. The van der Waals surface area contributed by atoms with E-state index in [2.05, 4.69) is 0 Å². The van der Waals surface area contributed by atoms with E-state index in [0.717, 1.165) is 16.2 Å². The third kappa shape index (κ3) is 4.44. The number of piperazine rings is 1. The van der Waals surface area contributed by atoms with E-state index in [1.807, 2.05) is 4.90 Å². The Bertz CT molecular complexity index is 1090. The molecule has 1 aromatic heterocycles. The number of carbonyl (C=O) groups is 1. The van der Waals surface area contributed by atoms with E-state index < -0.39 is 11.7 Å². The van der Waals surface area contributed by atoms with E-state index in [1.165, 1.54) is 23.5 Å². The van der Waals surface area contributed by atoms with Crippen LogP contribution in [0.5, 0.6) is 0 Å². The molecule has 0 aliphatic carbocycles. The van der Waals surface area contributed by atoms with Crippen molar-refractivity contribution in [2.75, 3.05) is 26.2 Å². The van der Waals surface area contributed by atoms with Gasteiger partial charge in [-0.05, 0) is 23.8 Å². The van der Waals surface area contributed by atoms with Crippen molar-refractivity contribution < 1.29 is 18.0 Å². The number of thiophene rings is 1. The maximum Gasteiger partial charge on any atom is 0.416 e. The van der Waals surface area contributed by atoms with Gasteiger partial charge in [-0.2, -0.15) is 13.2 Å². The van der Waals surface area contributed by atoms with Gasteiger partial charge in [-0.25, -0.2) is 0 Å². The van der Waals surface area contributed by atoms with Crippen LogP contribution in [-0.4, -0.2) is 41.9 Å². The summed E-state index contributed by atoms with van der Waals surface area (Å²) in [6.07, 6.45) is -4.35. The van der Waals surface area contributed by atoms with Crippen LogP contribution in [0.3, 0.4) is 0 Å². The lowest BCUT2D eigenvalue weighted by Gasteiger charge is -2.34. The molecule has 0 bridgehead atoms. The lowest BCUT2D eigenvalue weighted by molar-refractivity contribution is -0.137. The topological polar surface area (TPSA) is 23.6 Å². The summed E-state index contributed by atoms with van der Waals surface area (Å²) in [4.78, 5) is 17.2. The molecule has 3 nitrogen and oxygen atoms in total. The van der Waals surface area contributed by atoms with Crippen LogP contribution < -0.4 is 0 Å². The first-order valence-electron chi connectivity index (χ1n) is 9.27. The van der Waals surface area contributed by atoms with Crippen molar-refractivity contribution in [3.8, 4) is 0 Å². The minimum absolute atomic E-state index is 0.129. The molecule has 0 saturated carbocycles. The van der Waals surface area contributed by atoms with Crippen LogP contribution in [0.4, 0.5) is 13.2 Å². The highest BCUT2D eigenvalue weighted by atomic mass is 35.5. The van der Waals surface area contributed by atoms with Crippen molar-refractivity contribution in [3.05, 3.63) is 68.5 Å². The van der Waals surface area contributed by atoms with Gasteiger partial charge >= 0.3 is 6.18 Å². The van der Waals surface area contributed by atoms with Crippen LogP contribution >= 0.6 is 34.5 Å². The highest BCUT2D eigenvalue weighted by molar-refractivity contribution is 7.21. The third-order valence-electron chi connectivity index (χ3n) is 5.11. The lowest BCUT2D eigenvalue weighted by atomic mass is 10.1. The van der Waals surface area contributed by atoms with Crippen LogP contribution in [-0.2, 0) is 12.7 Å². The van der Waals surface area contributed by atoms with Crippen LogP contribution in [0.2, 0.25) is 10.0 Å². The van der Waals surface area contributed by atoms with E-state index in [-0.39, 0.29) is 5.91 Å². The fourth-order valence-electron chi connectivity index (χ4n) is 3.53. The lowest BCUT2D eigenvalue weighted by Crippen LogP contribution is -2.48. The van der Waals surface area contributed by atoms with Gasteiger partial charge in [0.25, 0.3) is 5.91 Å². The van der Waals surface area contributed by atoms with E-state index in [1.54, 1.807) is 29.2 Å². The summed E-state index contributed by atoms with van der Waals surface area (Å²) in [7, 11) is 0. The molecule has 30 heavy (non-hydrogen) atoms. The van der Waals surface area contributed by atoms with Crippen molar-refractivity contribution in [1.29, 1.82) is 0 Å². The Labute approximate surface area is 185 Å². The number of nitrogens with zero attached hydrogens (tertiary/aromatic N) is 2. The Morgan fingerprint density at radius 2 is 1.77 bits per heavy atom. The van der Waals surface area contributed by atoms with Gasteiger partial charge in [-0.1, -0.05) is 47.5 Å². The average molecular weight is 473 g/mol. The Hall–Kier alpha value is -1.80. The van der Waals surface area contributed by atoms with Gasteiger partial charge in [0.05, 0.1) is 10.6 Å². The van der Waals surface area contributed by atoms with Crippen molar-refractivity contribution >= 4 is 50.5 Å². The third-order valence-corrected chi connectivity index (χ3v) is 6.99. The van der Waals surface area contributed by atoms with E-state index in [9.17, 15) is 18.0 Å². The van der Waals surface area contributed by atoms with E-state index in [4.69, 9.17) is 23.2 Å². The van der Waals surface area contributed by atoms with Crippen molar-refractivity contribution in [3.63, 3.8) is 0 Å². The van der Waals surface area contributed by atoms with Crippen LogP contribution in [0.1, 0.15) is 20.8 Å². The number of alkyl halides is 3. The van der Waals surface area contributed by atoms with Gasteiger partial charge in [0.2, 0.25) is 0 Å². The fourth-order valence-corrected chi connectivity index (χ4v) is 5.29. The van der Waals surface area contributed by atoms with Gasteiger partial charge in [0, 0.05) is 47.8 Å². The molecule has 4 rings (SSSR count). The Kier molecular flexibility index (Phi) is 5.99. The molecule has 0 atom stereocenters. The Morgan fingerprint density at radius 1 is 1.03 bits per heavy atom. The molecular weight excluding hydrogens is 456 g/mol. The summed E-state index contributed by atoms with van der Waals surface area (Å²) >= 11 is 13.8. The van der Waals surface area contributed by atoms with Gasteiger partial charge < -0.3 is 4.90 Å². The zero-order chi connectivity index (χ0) is 21.5. The van der Waals surface area contributed by atoms with Crippen LogP contribution in [0.15, 0.2) is 42.5 Å². The number of amides is 1. The summed E-state index contributed by atoms with van der Waals surface area (Å²) in [6, 6.07) is 10.7. The number of halogens is 5. The van der Waals surface area contributed by atoms with Gasteiger partial charge in [0.1, 0.15) is 4.88 Å². The standard InChI is InChI=1S/C21H17Cl2F3N2OS/c22-15-4-5-16-17(11-15)30-19(18(16)23)20(29)28-8-6-27(7-9-28)12-13-2-1-3-14(10-13)21(24,25)26/h1-5,10-11H,6-9,12H2. The molecule has 9 heteroatoms. The number of carbonyl (C=O) groups excluding carboxylic acids is 1. The van der Waals surface area contributed by atoms with Crippen molar-refractivity contribution in [1.82, 2.24) is 9.80 Å². The summed E-state index contributed by atoms with van der Waals surface area (Å²) in [5, 5.41) is 1.82. The molecule has 0 unspecified atom stereocenters. The van der Waals surface area contributed by atoms with Gasteiger partial charge in [0.15, 0.2) is 0 Å². The molecule has 1 fully saturated rings. The number of hydrogen-bond donors (Lipinski definition) is 0. The maximum atomic E-state index is 13.0. The molecule has 158 valence electrons. The second kappa shape index (κ2) is 8.38. The maximum absolute atomic E-state index is 13.0. The second-order valence-electron chi connectivity index (χ2n) is 7.15. The van der Waals surface area contributed by atoms with Gasteiger partial charge in [-0.15, -0.1) is 11.3 Å². The van der Waals surface area contributed by atoms with Crippen molar-refractivity contribution in [2.45, 2.75) is 12.7 Å². The summed E-state index contributed by atoms with van der Waals surface area (Å²) < 4.78 is 39.6. The molecule has 0 radical (unpaired) electrons. The first-order valence-corrected chi connectivity index (χ1v) is 10.8. The van der Waals surface area contributed by atoms with Crippen LogP contribution in [0.25, 0.3) is 10.1 Å². The molecule has 3 aromatic rings. The van der Waals surface area contributed by atoms with Gasteiger partial charge in [-0.3, -0.25) is 9.69 Å². The summed E-state index contributed by atoms with van der Waals surface area (Å²) in [6.45, 7) is 2.55. The highest BCUT2D eigenvalue weighted by Gasteiger charge is 2.31. The zero-order valence-corrected chi connectivity index (χ0v) is 18.0. The number of hydrogen-bond acceptors (Lipinski definition) is 3. The first kappa shape index (κ1) is 21.4. The molecule has 0 spiro atoms. The SMILES string of the molecule is O=C(c1sc2cc(Cl)ccc2c1Cl)N1CCN(Cc2cccc(C(F)(F)F)c2)CC1. The quantitative estimate of drug-likeness (QED) is 0.453. The molecule has 1 saturated heterocycles. The van der Waals surface area contributed by atoms with E-state index in [0.29, 0.717) is 53.2 Å². The predicted octanol–water partition coefficient (Wildman–Crippen LogP) is 6.18. The number of benzene rings is 2. The fraction of sp³-hybridized carbons (Fsp3) is 0.286. The second-order valence-corrected chi connectivity index (χ2v) is 9.02. The average Bonchev–Trinajstić information content (AvgIpc) is 3.03. The molecule has 2 heterocycles. The smallest absolute Gasteiger partial charge is 0.335 e. The minimum atomic E-state index is -4.35. The first-order chi connectivity index (χ1) is 14.2. The molecule has 0 N–H and O–H groups in total. The Morgan fingerprint density at radius 3 is 2.47 bits per heavy atom. The number of rotatable bonds is 3. The minimum Gasteiger partial charge on any atom is -0.335 e.